The number of rotatable bonds is 45. The van der Waals surface area contributed by atoms with Gasteiger partial charge in [-0.15, -0.1) is 0 Å². The van der Waals surface area contributed by atoms with Crippen molar-refractivity contribution in [1.82, 2.24) is 5.32 Å². The van der Waals surface area contributed by atoms with Crippen LogP contribution >= 0.6 is 0 Å². The van der Waals surface area contributed by atoms with Crippen molar-refractivity contribution in [3.05, 3.63) is 36.5 Å². The van der Waals surface area contributed by atoms with Gasteiger partial charge in [0.2, 0.25) is 5.91 Å². The number of unbranched alkanes of at least 4 members (excludes halogenated alkanes) is 27. The average molecular weight is 936 g/mol. The van der Waals surface area contributed by atoms with Crippen molar-refractivity contribution in [2.45, 2.75) is 288 Å². The first-order chi connectivity index (χ1) is 32.2. The maximum Gasteiger partial charge on any atom is 0.306 e. The van der Waals surface area contributed by atoms with Gasteiger partial charge in [-0.3, -0.25) is 9.59 Å². The molecular weight excluding hydrogens is 835 g/mol. The Labute approximate surface area is 403 Å². The summed E-state index contributed by atoms with van der Waals surface area (Å²) in [6.45, 7) is 5.72. The molecule has 0 aromatic rings. The molecule has 1 fully saturated rings. The first-order valence-electron chi connectivity index (χ1n) is 27.3. The van der Waals surface area contributed by atoms with Crippen molar-refractivity contribution in [3.8, 4) is 0 Å². The zero-order chi connectivity index (χ0) is 48.3. The predicted molar refractivity (Wildman–Crippen MR) is 269 cm³/mol. The number of ether oxygens (including phenoxy) is 3. The Balaban J connectivity index is 2.79. The summed E-state index contributed by atoms with van der Waals surface area (Å²) in [6, 6.07) is -1.03. The zero-order valence-corrected chi connectivity index (χ0v) is 42.3. The number of esters is 1. The Morgan fingerprint density at radius 3 is 1.47 bits per heavy atom. The van der Waals surface area contributed by atoms with Crippen LogP contribution in [0.5, 0.6) is 0 Å². The number of hydrogen-bond donors (Lipinski definition) is 6. The molecule has 8 unspecified atom stereocenters. The van der Waals surface area contributed by atoms with E-state index in [9.17, 15) is 35.1 Å². The summed E-state index contributed by atoms with van der Waals surface area (Å²) in [5, 5.41) is 56.6. The van der Waals surface area contributed by atoms with E-state index in [0.717, 1.165) is 64.2 Å². The SMILES string of the molecule is CCCCCCCC/C=C\CCCCCC(=O)OC1C(OCC(NC(=O)C(O)CCCC/C=C\CCCCCCCC)C(O)/C=C/CCCCCCCCCCCC)OC(CO)C(O)C1O. The number of aliphatic hydroxyl groups excluding tert-OH is 5. The molecule has 1 rings (SSSR count). The van der Waals surface area contributed by atoms with Crippen molar-refractivity contribution in [2.24, 2.45) is 0 Å². The number of aliphatic hydroxyl groups is 5. The van der Waals surface area contributed by atoms with Crippen molar-refractivity contribution in [2.75, 3.05) is 13.2 Å². The molecule has 1 saturated heterocycles. The second-order valence-electron chi connectivity index (χ2n) is 19.0. The molecule has 0 bridgehead atoms. The molecule has 0 saturated carbocycles. The molecule has 0 radical (unpaired) electrons. The van der Waals surface area contributed by atoms with Gasteiger partial charge in [-0.2, -0.15) is 0 Å². The number of carbonyl (C=O) groups is 2. The van der Waals surface area contributed by atoms with Gasteiger partial charge in [0.25, 0.3) is 0 Å². The number of nitrogens with one attached hydrogen (secondary N) is 1. The fourth-order valence-corrected chi connectivity index (χ4v) is 8.34. The van der Waals surface area contributed by atoms with Gasteiger partial charge in [0.1, 0.15) is 24.4 Å². The van der Waals surface area contributed by atoms with Crippen LogP contribution in [0.3, 0.4) is 0 Å². The van der Waals surface area contributed by atoms with Gasteiger partial charge in [-0.25, -0.2) is 0 Å². The zero-order valence-electron chi connectivity index (χ0n) is 42.3. The lowest BCUT2D eigenvalue weighted by molar-refractivity contribution is -0.305. The molecule has 66 heavy (non-hydrogen) atoms. The normalized spacial score (nSPS) is 20.4. The highest BCUT2D eigenvalue weighted by Gasteiger charge is 2.47. The quantitative estimate of drug-likeness (QED) is 0.0196. The highest BCUT2D eigenvalue weighted by molar-refractivity contribution is 5.80. The second-order valence-corrected chi connectivity index (χ2v) is 19.0. The van der Waals surface area contributed by atoms with E-state index < -0.39 is 67.4 Å². The molecule has 0 aliphatic carbocycles. The molecule has 1 aliphatic rings. The molecular formula is C55H101NO10. The largest absolute Gasteiger partial charge is 0.454 e. The highest BCUT2D eigenvalue weighted by atomic mass is 16.7. The Hall–Kier alpha value is -2.12. The smallest absolute Gasteiger partial charge is 0.306 e. The maximum absolute atomic E-state index is 13.3. The maximum atomic E-state index is 13.3. The molecule has 386 valence electrons. The minimum absolute atomic E-state index is 0.103. The van der Waals surface area contributed by atoms with Crippen LogP contribution in [-0.4, -0.2) is 99.6 Å². The monoisotopic (exact) mass is 936 g/mol. The molecule has 6 N–H and O–H groups in total. The summed E-state index contributed by atoms with van der Waals surface area (Å²) in [6.07, 6.45) is 39.1. The van der Waals surface area contributed by atoms with Gasteiger partial charge in [0, 0.05) is 6.42 Å². The molecule has 1 aliphatic heterocycles. The van der Waals surface area contributed by atoms with Gasteiger partial charge >= 0.3 is 5.97 Å². The third-order valence-electron chi connectivity index (χ3n) is 12.8. The summed E-state index contributed by atoms with van der Waals surface area (Å²) >= 11 is 0. The Morgan fingerprint density at radius 1 is 0.576 bits per heavy atom. The third-order valence-corrected chi connectivity index (χ3v) is 12.8. The fraction of sp³-hybridized carbons (Fsp3) is 0.855. The minimum atomic E-state index is -1.62. The van der Waals surface area contributed by atoms with E-state index >= 15 is 0 Å². The van der Waals surface area contributed by atoms with Crippen LogP contribution in [0.15, 0.2) is 36.5 Å². The summed E-state index contributed by atoms with van der Waals surface area (Å²) in [7, 11) is 0. The Bertz CT molecular complexity index is 1210. The number of amides is 1. The van der Waals surface area contributed by atoms with Crippen LogP contribution in [0.25, 0.3) is 0 Å². The molecule has 11 heteroatoms. The first kappa shape index (κ1) is 61.9. The summed E-state index contributed by atoms with van der Waals surface area (Å²) in [5.41, 5.74) is 0. The van der Waals surface area contributed by atoms with Gasteiger partial charge in [-0.1, -0.05) is 192 Å². The van der Waals surface area contributed by atoms with Gasteiger partial charge in [0.05, 0.1) is 25.4 Å². The van der Waals surface area contributed by atoms with Crippen molar-refractivity contribution in [1.29, 1.82) is 0 Å². The molecule has 0 spiro atoms. The fourth-order valence-electron chi connectivity index (χ4n) is 8.34. The highest BCUT2D eigenvalue weighted by Crippen LogP contribution is 2.26. The summed E-state index contributed by atoms with van der Waals surface area (Å²) in [5.74, 6) is -1.23. The first-order valence-corrected chi connectivity index (χ1v) is 27.3. The molecule has 1 heterocycles. The van der Waals surface area contributed by atoms with Crippen molar-refractivity contribution < 1.29 is 49.3 Å². The molecule has 1 amide bonds. The van der Waals surface area contributed by atoms with Gasteiger partial charge in [-0.05, 0) is 77.0 Å². The van der Waals surface area contributed by atoms with E-state index in [1.807, 2.05) is 6.08 Å². The van der Waals surface area contributed by atoms with E-state index in [2.05, 4.69) is 50.4 Å². The van der Waals surface area contributed by atoms with Crippen LogP contribution in [0.4, 0.5) is 0 Å². The van der Waals surface area contributed by atoms with E-state index in [1.54, 1.807) is 6.08 Å². The van der Waals surface area contributed by atoms with Gasteiger partial charge in [0.15, 0.2) is 12.4 Å². The van der Waals surface area contributed by atoms with E-state index in [0.29, 0.717) is 12.8 Å². The van der Waals surface area contributed by atoms with E-state index in [1.165, 1.54) is 128 Å². The van der Waals surface area contributed by atoms with Crippen LogP contribution in [-0.2, 0) is 23.8 Å². The van der Waals surface area contributed by atoms with Crippen molar-refractivity contribution in [3.63, 3.8) is 0 Å². The number of carbonyl (C=O) groups excluding carboxylic acids is 2. The minimum Gasteiger partial charge on any atom is -0.454 e. The summed E-state index contributed by atoms with van der Waals surface area (Å²) in [4.78, 5) is 26.3. The standard InChI is InChI=1S/C55H101NO10/c1-4-7-10-13-16-19-22-25-28-31-34-37-40-43-50(60)66-53-52(62)51(61)49(44-57)65-55(53)64-45-46(47(58)41-38-35-32-29-26-23-20-17-14-11-8-5-2)56-54(63)48(59)42-39-36-33-30-27-24-21-18-15-12-9-6-3/h25,27-28,30,38,41,46-49,51-53,55,57-59,61-62H,4-24,26,29,31-37,39-40,42-45H2,1-3H3,(H,56,63)/b28-25-,30-27-,41-38+. The second kappa shape index (κ2) is 44.1. The lowest BCUT2D eigenvalue weighted by Gasteiger charge is -2.41. The molecule has 11 nitrogen and oxygen atoms in total. The van der Waals surface area contributed by atoms with Crippen LogP contribution in [0, 0.1) is 0 Å². The van der Waals surface area contributed by atoms with Crippen LogP contribution in [0.1, 0.15) is 239 Å². The number of hydrogen-bond acceptors (Lipinski definition) is 10. The molecule has 0 aromatic carbocycles. The predicted octanol–water partition coefficient (Wildman–Crippen LogP) is 11.6. The number of allylic oxidation sites excluding steroid dienone is 5. The molecule has 0 aromatic heterocycles. The van der Waals surface area contributed by atoms with Crippen LogP contribution < -0.4 is 5.32 Å². The Morgan fingerprint density at radius 2 is 1.00 bits per heavy atom. The van der Waals surface area contributed by atoms with Crippen LogP contribution in [0.2, 0.25) is 0 Å². The lowest BCUT2D eigenvalue weighted by atomic mass is 9.99. The topological polar surface area (TPSA) is 175 Å². The Kier molecular flexibility index (Phi) is 41.4. The van der Waals surface area contributed by atoms with Crippen molar-refractivity contribution >= 4 is 11.9 Å². The third kappa shape index (κ3) is 32.6. The van der Waals surface area contributed by atoms with Gasteiger partial charge < -0.3 is 45.1 Å². The lowest BCUT2D eigenvalue weighted by Crippen LogP contribution is -2.61. The summed E-state index contributed by atoms with van der Waals surface area (Å²) < 4.78 is 17.5. The molecule has 8 atom stereocenters. The average Bonchev–Trinajstić information content (AvgIpc) is 3.31. The van der Waals surface area contributed by atoms with E-state index in [-0.39, 0.29) is 19.4 Å². The van der Waals surface area contributed by atoms with E-state index in [4.69, 9.17) is 14.2 Å².